The van der Waals surface area contributed by atoms with Crippen LogP contribution in [0.2, 0.25) is 0 Å². The quantitative estimate of drug-likeness (QED) is 0.617. The maximum atomic E-state index is 10.6. The number of fused-ring (bicyclic) bond motifs is 1. The van der Waals surface area contributed by atoms with Crippen molar-refractivity contribution in [1.29, 1.82) is 0 Å². The van der Waals surface area contributed by atoms with Gasteiger partial charge in [0.15, 0.2) is 0 Å². The number of halogens is 1. The first kappa shape index (κ1) is 21.3. The summed E-state index contributed by atoms with van der Waals surface area (Å²) in [6.45, 7) is 9.17. The average Bonchev–Trinajstić information content (AvgIpc) is 2.97. The zero-order valence-electron chi connectivity index (χ0n) is 16.5. The summed E-state index contributed by atoms with van der Waals surface area (Å²) < 4.78 is 7.97. The Kier molecular flexibility index (Phi) is 7.28. The zero-order chi connectivity index (χ0) is 18.7. The SMILES string of the molecule is CCC(C)c1nc2ccccc2n1CC(O)COc1cc(C)cc(C)c1.Cl. The zero-order valence-corrected chi connectivity index (χ0v) is 17.3. The largest absolute Gasteiger partial charge is 0.491 e. The monoisotopic (exact) mass is 388 g/mol. The van der Waals surface area contributed by atoms with Crippen molar-refractivity contribution in [1.82, 2.24) is 9.55 Å². The fourth-order valence-corrected chi connectivity index (χ4v) is 3.32. The molecule has 0 bridgehead atoms. The van der Waals surface area contributed by atoms with Gasteiger partial charge in [-0.05, 0) is 55.7 Å². The molecule has 3 aromatic rings. The Morgan fingerprint density at radius 1 is 1.11 bits per heavy atom. The first-order valence-corrected chi connectivity index (χ1v) is 9.32. The van der Waals surface area contributed by atoms with Crippen molar-refractivity contribution in [2.75, 3.05) is 6.61 Å². The van der Waals surface area contributed by atoms with Crippen LogP contribution in [0.5, 0.6) is 5.75 Å². The molecule has 3 rings (SSSR count). The van der Waals surface area contributed by atoms with Crippen molar-refractivity contribution in [3.63, 3.8) is 0 Å². The number of aryl methyl sites for hydroxylation is 2. The maximum absolute atomic E-state index is 10.6. The van der Waals surface area contributed by atoms with E-state index in [1.807, 2.05) is 44.2 Å². The molecule has 1 heterocycles. The van der Waals surface area contributed by atoms with E-state index >= 15 is 0 Å². The van der Waals surface area contributed by atoms with Crippen LogP contribution in [0.3, 0.4) is 0 Å². The van der Waals surface area contributed by atoms with Crippen LogP contribution in [0.25, 0.3) is 11.0 Å². The van der Waals surface area contributed by atoms with Gasteiger partial charge in [-0.25, -0.2) is 4.98 Å². The van der Waals surface area contributed by atoms with E-state index in [2.05, 4.69) is 30.5 Å². The highest BCUT2D eigenvalue weighted by Gasteiger charge is 2.18. The smallest absolute Gasteiger partial charge is 0.119 e. The molecule has 0 aliphatic carbocycles. The molecule has 0 amide bonds. The predicted molar refractivity (Wildman–Crippen MR) is 113 cm³/mol. The Bertz CT molecular complexity index is 871. The number of imidazole rings is 1. The van der Waals surface area contributed by atoms with Gasteiger partial charge in [0, 0.05) is 5.92 Å². The van der Waals surface area contributed by atoms with Gasteiger partial charge in [-0.1, -0.05) is 32.0 Å². The minimum atomic E-state index is -0.601. The van der Waals surface area contributed by atoms with Gasteiger partial charge in [-0.15, -0.1) is 12.4 Å². The lowest BCUT2D eigenvalue weighted by Gasteiger charge is -2.18. The third-order valence-corrected chi connectivity index (χ3v) is 4.77. The molecular weight excluding hydrogens is 360 g/mol. The molecule has 4 nitrogen and oxygen atoms in total. The van der Waals surface area contributed by atoms with Crippen molar-refractivity contribution in [3.05, 3.63) is 59.4 Å². The van der Waals surface area contributed by atoms with E-state index in [-0.39, 0.29) is 19.0 Å². The maximum Gasteiger partial charge on any atom is 0.119 e. The molecule has 27 heavy (non-hydrogen) atoms. The molecule has 5 heteroatoms. The number of ether oxygens (including phenoxy) is 1. The van der Waals surface area contributed by atoms with Crippen molar-refractivity contribution in [2.24, 2.45) is 0 Å². The van der Waals surface area contributed by atoms with Gasteiger partial charge in [0.25, 0.3) is 0 Å². The number of rotatable bonds is 7. The van der Waals surface area contributed by atoms with E-state index in [1.54, 1.807) is 0 Å². The van der Waals surface area contributed by atoms with Crippen molar-refractivity contribution >= 4 is 23.4 Å². The molecular formula is C22H29ClN2O2. The summed E-state index contributed by atoms with van der Waals surface area (Å²) in [6, 6.07) is 14.2. The lowest BCUT2D eigenvalue weighted by Crippen LogP contribution is -2.25. The molecule has 0 aliphatic heterocycles. The Balaban J connectivity index is 0.00000261. The highest BCUT2D eigenvalue weighted by molar-refractivity contribution is 5.85. The van der Waals surface area contributed by atoms with Gasteiger partial charge < -0.3 is 14.4 Å². The van der Waals surface area contributed by atoms with Gasteiger partial charge in [-0.2, -0.15) is 0 Å². The highest BCUT2D eigenvalue weighted by Crippen LogP contribution is 2.24. The fraction of sp³-hybridized carbons (Fsp3) is 0.409. The third kappa shape index (κ3) is 5.02. The van der Waals surface area contributed by atoms with Gasteiger partial charge in [0.05, 0.1) is 17.6 Å². The molecule has 2 atom stereocenters. The molecule has 0 fully saturated rings. The summed E-state index contributed by atoms with van der Waals surface area (Å²) >= 11 is 0. The fourth-order valence-electron chi connectivity index (χ4n) is 3.32. The number of aliphatic hydroxyl groups is 1. The topological polar surface area (TPSA) is 47.3 Å². The molecule has 146 valence electrons. The number of nitrogens with zero attached hydrogens (tertiary/aromatic N) is 2. The predicted octanol–water partition coefficient (Wildman–Crippen LogP) is 5.03. The van der Waals surface area contributed by atoms with Crippen molar-refractivity contribution in [2.45, 2.75) is 52.7 Å². The van der Waals surface area contributed by atoms with Crippen LogP contribution >= 0.6 is 12.4 Å². The van der Waals surface area contributed by atoms with Gasteiger partial charge in [-0.3, -0.25) is 0 Å². The summed E-state index contributed by atoms with van der Waals surface area (Å²) in [5.74, 6) is 2.17. The second kappa shape index (κ2) is 9.25. The summed E-state index contributed by atoms with van der Waals surface area (Å²) in [4.78, 5) is 4.79. The van der Waals surface area contributed by atoms with Crippen LogP contribution in [-0.4, -0.2) is 27.4 Å². The van der Waals surface area contributed by atoms with Gasteiger partial charge >= 0.3 is 0 Å². The number of hydrogen-bond donors (Lipinski definition) is 1. The number of para-hydroxylation sites is 2. The molecule has 0 spiro atoms. The van der Waals surface area contributed by atoms with Crippen molar-refractivity contribution in [3.8, 4) is 5.75 Å². The van der Waals surface area contributed by atoms with E-state index in [1.165, 1.54) is 0 Å². The molecule has 1 N–H and O–H groups in total. The minimum Gasteiger partial charge on any atom is -0.491 e. The molecule has 0 saturated carbocycles. The molecule has 1 aromatic heterocycles. The minimum absolute atomic E-state index is 0. The molecule has 2 unspecified atom stereocenters. The number of hydrogen-bond acceptors (Lipinski definition) is 3. The van der Waals surface area contributed by atoms with Crippen LogP contribution < -0.4 is 4.74 Å². The molecule has 0 aliphatic rings. The summed E-state index contributed by atoms with van der Waals surface area (Å²) in [5.41, 5.74) is 4.36. The van der Waals surface area contributed by atoms with Crippen LogP contribution in [0.15, 0.2) is 42.5 Å². The number of benzene rings is 2. The summed E-state index contributed by atoms with van der Waals surface area (Å²) in [5, 5.41) is 10.6. The van der Waals surface area contributed by atoms with Gasteiger partial charge in [0.2, 0.25) is 0 Å². The average molecular weight is 389 g/mol. The van der Waals surface area contributed by atoms with Crippen LogP contribution in [0, 0.1) is 13.8 Å². The van der Waals surface area contributed by atoms with Crippen LogP contribution in [-0.2, 0) is 6.54 Å². The van der Waals surface area contributed by atoms with E-state index in [0.717, 1.165) is 40.2 Å². The Morgan fingerprint density at radius 3 is 2.44 bits per heavy atom. The second-order valence-corrected chi connectivity index (χ2v) is 7.17. The molecule has 2 aromatic carbocycles. The van der Waals surface area contributed by atoms with Crippen LogP contribution in [0.1, 0.15) is 43.1 Å². The Hall–Kier alpha value is -2.04. The summed E-state index contributed by atoms with van der Waals surface area (Å²) in [6.07, 6.45) is 0.412. The first-order valence-electron chi connectivity index (χ1n) is 9.32. The third-order valence-electron chi connectivity index (χ3n) is 4.77. The van der Waals surface area contributed by atoms with Crippen LogP contribution in [0.4, 0.5) is 0 Å². The standard InChI is InChI=1S/C22H28N2O2.ClH/c1-5-17(4)22-23-20-8-6-7-9-21(20)24(22)13-18(25)14-26-19-11-15(2)10-16(3)12-19;/h6-12,17-18,25H,5,13-14H2,1-4H3;1H. The van der Waals surface area contributed by atoms with E-state index < -0.39 is 6.10 Å². The summed E-state index contributed by atoms with van der Waals surface area (Å²) in [7, 11) is 0. The normalized spacial score (nSPS) is 13.2. The number of aliphatic hydroxyl groups excluding tert-OH is 1. The molecule has 0 saturated heterocycles. The lowest BCUT2D eigenvalue weighted by atomic mass is 10.1. The first-order chi connectivity index (χ1) is 12.5. The van der Waals surface area contributed by atoms with E-state index in [4.69, 9.17) is 9.72 Å². The van der Waals surface area contributed by atoms with E-state index in [0.29, 0.717) is 12.5 Å². The highest BCUT2D eigenvalue weighted by atomic mass is 35.5. The van der Waals surface area contributed by atoms with Crippen molar-refractivity contribution < 1.29 is 9.84 Å². The number of aromatic nitrogens is 2. The Morgan fingerprint density at radius 2 is 1.78 bits per heavy atom. The molecule has 0 radical (unpaired) electrons. The second-order valence-electron chi connectivity index (χ2n) is 7.17. The lowest BCUT2D eigenvalue weighted by molar-refractivity contribution is 0.0924. The Labute approximate surface area is 167 Å². The van der Waals surface area contributed by atoms with Gasteiger partial charge in [0.1, 0.15) is 24.3 Å². The van der Waals surface area contributed by atoms with E-state index in [9.17, 15) is 5.11 Å².